The van der Waals surface area contributed by atoms with Crippen molar-refractivity contribution in [2.45, 2.75) is 39.3 Å². The van der Waals surface area contributed by atoms with Crippen LogP contribution in [-0.4, -0.2) is 14.7 Å². The van der Waals surface area contributed by atoms with Crippen LogP contribution in [0.5, 0.6) is 0 Å². The van der Waals surface area contributed by atoms with Gasteiger partial charge in [0.25, 0.3) is 0 Å². The van der Waals surface area contributed by atoms with Crippen molar-refractivity contribution in [3.8, 4) is 0 Å². The molecule has 2 rings (SSSR count). The van der Waals surface area contributed by atoms with Gasteiger partial charge in [0.05, 0.1) is 16.6 Å². The first-order valence-electron chi connectivity index (χ1n) is 5.81. The molecule has 0 unspecified atom stereocenters. The number of nitrogens with zero attached hydrogens (tertiary/aromatic N) is 2. The third kappa shape index (κ3) is 2.00. The second-order valence-electron chi connectivity index (χ2n) is 5.20. The second kappa shape index (κ2) is 3.74. The zero-order chi connectivity index (χ0) is 12.8. The lowest BCUT2D eigenvalue weighted by Crippen LogP contribution is -2.15. The van der Waals surface area contributed by atoms with Gasteiger partial charge in [-0.1, -0.05) is 6.07 Å². The molecular weight excluding hydrogens is 214 g/mol. The minimum Gasteiger partial charge on any atom is -0.386 e. The summed E-state index contributed by atoms with van der Waals surface area (Å²) in [4.78, 5) is 4.34. The largest absolute Gasteiger partial charge is 0.386 e. The highest BCUT2D eigenvalue weighted by molar-refractivity contribution is 5.79. The summed E-state index contributed by atoms with van der Waals surface area (Å²) in [5.41, 5.74) is 7.73. The highest BCUT2D eigenvalue weighted by atomic mass is 16.3. The fourth-order valence-corrected chi connectivity index (χ4v) is 2.04. The number of nitrogens with two attached hydrogens (primary N) is 1. The van der Waals surface area contributed by atoms with E-state index in [0.29, 0.717) is 5.95 Å². The molecule has 0 saturated carbocycles. The van der Waals surface area contributed by atoms with E-state index >= 15 is 0 Å². The van der Waals surface area contributed by atoms with Gasteiger partial charge in [0.1, 0.15) is 0 Å². The van der Waals surface area contributed by atoms with E-state index in [4.69, 9.17) is 5.73 Å². The average Bonchev–Trinajstić information content (AvgIpc) is 2.50. The Kier molecular flexibility index (Phi) is 2.62. The number of rotatable bonds is 2. The molecule has 0 bridgehead atoms. The van der Waals surface area contributed by atoms with E-state index in [-0.39, 0.29) is 6.04 Å². The summed E-state index contributed by atoms with van der Waals surface area (Å²) in [6.45, 7) is 7.66. The summed E-state index contributed by atoms with van der Waals surface area (Å²) in [7, 11) is 0. The zero-order valence-electron chi connectivity index (χ0n) is 10.7. The maximum Gasteiger partial charge on any atom is 0.201 e. The number of fused-ring (bicyclic) bond motifs is 1. The second-order valence-corrected chi connectivity index (χ2v) is 5.20. The molecule has 17 heavy (non-hydrogen) atoms. The van der Waals surface area contributed by atoms with Crippen molar-refractivity contribution in [1.29, 1.82) is 0 Å². The van der Waals surface area contributed by atoms with Crippen molar-refractivity contribution in [2.75, 3.05) is 5.73 Å². The number of benzene rings is 1. The first-order valence-corrected chi connectivity index (χ1v) is 5.81. The Labute approximate surface area is 101 Å². The van der Waals surface area contributed by atoms with E-state index in [0.717, 1.165) is 16.6 Å². The SMILES string of the molecule is CC(C)n1c(N)nc2cc(C(C)(C)O)ccc21. The summed E-state index contributed by atoms with van der Waals surface area (Å²) < 4.78 is 1.99. The molecular formula is C13H19N3O. The summed E-state index contributed by atoms with van der Waals surface area (Å²) in [5.74, 6) is 0.517. The Morgan fingerprint density at radius 1 is 1.35 bits per heavy atom. The van der Waals surface area contributed by atoms with Crippen LogP contribution in [0.4, 0.5) is 5.95 Å². The van der Waals surface area contributed by atoms with Crippen LogP contribution in [0.3, 0.4) is 0 Å². The molecule has 1 heterocycles. The molecule has 4 heteroatoms. The van der Waals surface area contributed by atoms with Crippen molar-refractivity contribution >= 4 is 17.0 Å². The predicted molar refractivity (Wildman–Crippen MR) is 69.8 cm³/mol. The number of imidazole rings is 1. The number of aliphatic hydroxyl groups is 1. The van der Waals surface area contributed by atoms with Crippen molar-refractivity contribution < 1.29 is 5.11 Å². The van der Waals surface area contributed by atoms with E-state index in [2.05, 4.69) is 18.8 Å². The minimum absolute atomic E-state index is 0.271. The van der Waals surface area contributed by atoms with Crippen LogP contribution < -0.4 is 5.73 Å². The van der Waals surface area contributed by atoms with E-state index in [1.54, 1.807) is 13.8 Å². The lowest BCUT2D eigenvalue weighted by molar-refractivity contribution is 0.0787. The van der Waals surface area contributed by atoms with Crippen molar-refractivity contribution in [2.24, 2.45) is 0 Å². The van der Waals surface area contributed by atoms with Crippen LogP contribution in [0.15, 0.2) is 18.2 Å². The monoisotopic (exact) mass is 233 g/mol. The number of hydrogen-bond donors (Lipinski definition) is 2. The molecule has 0 spiro atoms. The number of nitrogen functional groups attached to an aromatic ring is 1. The first kappa shape index (κ1) is 11.9. The molecule has 4 nitrogen and oxygen atoms in total. The first-order chi connectivity index (χ1) is 7.80. The predicted octanol–water partition coefficient (Wildman–Crippen LogP) is 2.43. The molecule has 0 radical (unpaired) electrons. The van der Waals surface area contributed by atoms with Gasteiger partial charge in [-0.15, -0.1) is 0 Å². The molecule has 0 aliphatic heterocycles. The Morgan fingerprint density at radius 2 is 2.00 bits per heavy atom. The highest BCUT2D eigenvalue weighted by Gasteiger charge is 2.18. The van der Waals surface area contributed by atoms with Gasteiger partial charge in [0.15, 0.2) is 0 Å². The van der Waals surface area contributed by atoms with Crippen molar-refractivity contribution in [3.05, 3.63) is 23.8 Å². The summed E-state index contributed by atoms with van der Waals surface area (Å²) in [6, 6.07) is 6.05. The fraction of sp³-hybridized carbons (Fsp3) is 0.462. The summed E-state index contributed by atoms with van der Waals surface area (Å²) >= 11 is 0. The average molecular weight is 233 g/mol. The third-order valence-electron chi connectivity index (χ3n) is 2.94. The van der Waals surface area contributed by atoms with Crippen molar-refractivity contribution in [1.82, 2.24) is 9.55 Å². The molecule has 1 aromatic heterocycles. The van der Waals surface area contributed by atoms with Gasteiger partial charge in [-0.2, -0.15) is 0 Å². The fourth-order valence-electron chi connectivity index (χ4n) is 2.04. The van der Waals surface area contributed by atoms with Crippen LogP contribution in [0.1, 0.15) is 39.3 Å². The van der Waals surface area contributed by atoms with E-state index in [1.165, 1.54) is 0 Å². The Morgan fingerprint density at radius 3 is 2.53 bits per heavy atom. The normalized spacial score (nSPS) is 12.6. The maximum absolute atomic E-state index is 9.97. The van der Waals surface area contributed by atoms with Crippen LogP contribution in [0.2, 0.25) is 0 Å². The highest BCUT2D eigenvalue weighted by Crippen LogP contribution is 2.27. The lowest BCUT2D eigenvalue weighted by Gasteiger charge is -2.17. The van der Waals surface area contributed by atoms with Gasteiger partial charge >= 0.3 is 0 Å². The quantitative estimate of drug-likeness (QED) is 0.837. The smallest absolute Gasteiger partial charge is 0.201 e. The van der Waals surface area contributed by atoms with Gasteiger partial charge in [-0.3, -0.25) is 0 Å². The van der Waals surface area contributed by atoms with Gasteiger partial charge in [-0.05, 0) is 45.4 Å². The molecule has 2 aromatic rings. The molecule has 0 atom stereocenters. The van der Waals surface area contributed by atoms with Gasteiger partial charge < -0.3 is 15.4 Å². The Bertz CT molecular complexity index is 550. The third-order valence-corrected chi connectivity index (χ3v) is 2.94. The molecule has 1 aromatic carbocycles. The minimum atomic E-state index is -0.857. The van der Waals surface area contributed by atoms with Crippen LogP contribution >= 0.6 is 0 Å². The number of aromatic nitrogens is 2. The molecule has 0 aliphatic carbocycles. The maximum atomic E-state index is 9.97. The molecule has 0 fully saturated rings. The van der Waals surface area contributed by atoms with Crippen LogP contribution in [0.25, 0.3) is 11.0 Å². The summed E-state index contributed by atoms with van der Waals surface area (Å²) in [5, 5.41) is 9.97. The van der Waals surface area contributed by atoms with Gasteiger partial charge in [0.2, 0.25) is 5.95 Å². The Balaban J connectivity index is 2.66. The molecule has 0 aliphatic rings. The lowest BCUT2D eigenvalue weighted by atomic mass is 9.98. The van der Waals surface area contributed by atoms with Crippen molar-refractivity contribution in [3.63, 3.8) is 0 Å². The molecule has 92 valence electrons. The van der Waals surface area contributed by atoms with E-state index in [9.17, 15) is 5.11 Å². The standard InChI is InChI=1S/C13H19N3O/c1-8(2)16-11-6-5-9(13(3,4)17)7-10(11)15-12(16)14/h5-8,17H,1-4H3,(H2,14,15). The van der Waals surface area contributed by atoms with Gasteiger partial charge in [-0.25, -0.2) is 4.98 Å². The Hall–Kier alpha value is -1.55. The molecule has 3 N–H and O–H groups in total. The molecule has 0 amide bonds. The van der Waals surface area contributed by atoms with Gasteiger partial charge in [0, 0.05) is 6.04 Å². The van der Waals surface area contributed by atoms with E-state index in [1.807, 2.05) is 22.8 Å². The zero-order valence-corrected chi connectivity index (χ0v) is 10.7. The molecule has 0 saturated heterocycles. The van der Waals surface area contributed by atoms with Crippen LogP contribution in [0, 0.1) is 0 Å². The number of anilines is 1. The topological polar surface area (TPSA) is 64.1 Å². The number of hydrogen-bond acceptors (Lipinski definition) is 3. The van der Waals surface area contributed by atoms with Crippen LogP contribution in [-0.2, 0) is 5.60 Å². The summed E-state index contributed by atoms with van der Waals surface area (Å²) in [6.07, 6.45) is 0. The van der Waals surface area contributed by atoms with E-state index < -0.39 is 5.60 Å².